The average Bonchev–Trinajstić information content (AvgIpc) is 2.84. The van der Waals surface area contributed by atoms with E-state index in [1.54, 1.807) is 22.7 Å². The van der Waals surface area contributed by atoms with Crippen molar-refractivity contribution in [3.05, 3.63) is 38.5 Å². The lowest BCUT2D eigenvalue weighted by atomic mass is 10.3. The maximum Gasteiger partial charge on any atom is 0.309 e. The van der Waals surface area contributed by atoms with Gasteiger partial charge in [0.05, 0.1) is 17.1 Å². The number of hydrogen-bond acceptors (Lipinski definition) is 4. The van der Waals surface area contributed by atoms with Crippen LogP contribution in [0.3, 0.4) is 0 Å². The van der Waals surface area contributed by atoms with Gasteiger partial charge < -0.3 is 5.11 Å². The van der Waals surface area contributed by atoms with E-state index in [0.29, 0.717) is 5.69 Å². The minimum absolute atomic E-state index is 0.0233. The summed E-state index contributed by atoms with van der Waals surface area (Å²) in [5.74, 6) is -0.824. The van der Waals surface area contributed by atoms with E-state index in [9.17, 15) is 4.79 Å². The number of hydrogen-bond donors (Lipinski definition) is 1. The van der Waals surface area contributed by atoms with E-state index in [-0.39, 0.29) is 6.42 Å². The van der Waals surface area contributed by atoms with Crippen LogP contribution in [0.25, 0.3) is 0 Å². The highest BCUT2D eigenvalue weighted by molar-refractivity contribution is 7.10. The van der Waals surface area contributed by atoms with Crippen molar-refractivity contribution in [2.45, 2.75) is 19.3 Å². The number of thiophene rings is 1. The van der Waals surface area contributed by atoms with E-state index in [0.717, 1.165) is 17.8 Å². The third-order valence-corrected chi connectivity index (χ3v) is 3.99. The summed E-state index contributed by atoms with van der Waals surface area (Å²) in [5, 5.41) is 13.5. The van der Waals surface area contributed by atoms with Crippen LogP contribution in [0.4, 0.5) is 0 Å². The van der Waals surface area contributed by atoms with Gasteiger partial charge in [-0.15, -0.1) is 22.7 Å². The molecule has 0 spiro atoms. The molecule has 0 fully saturated rings. The molecule has 1 N–H and O–H groups in total. The molecule has 84 valence electrons. The van der Waals surface area contributed by atoms with Gasteiger partial charge in [-0.25, -0.2) is 4.98 Å². The van der Waals surface area contributed by atoms with E-state index in [1.807, 2.05) is 11.4 Å². The number of rotatable bonds is 5. The van der Waals surface area contributed by atoms with Crippen molar-refractivity contribution < 1.29 is 9.90 Å². The first-order chi connectivity index (χ1) is 7.74. The second-order valence-corrected chi connectivity index (χ2v) is 5.36. The Morgan fingerprint density at radius 1 is 1.38 bits per heavy atom. The van der Waals surface area contributed by atoms with Crippen LogP contribution in [0.15, 0.2) is 22.9 Å². The lowest BCUT2D eigenvalue weighted by molar-refractivity contribution is -0.136. The van der Waals surface area contributed by atoms with E-state index in [2.05, 4.69) is 16.4 Å². The smallest absolute Gasteiger partial charge is 0.309 e. The van der Waals surface area contributed by atoms with Crippen molar-refractivity contribution in [1.82, 2.24) is 4.98 Å². The Morgan fingerprint density at radius 2 is 2.25 bits per heavy atom. The molecule has 0 atom stereocenters. The van der Waals surface area contributed by atoms with Gasteiger partial charge in [0.2, 0.25) is 0 Å². The standard InChI is InChI=1S/C11H11NO2S2/c13-11(14)6-8-7-16-10(12-8)4-3-9-2-1-5-15-9/h1-2,5,7H,3-4,6H2,(H,13,14). The molecule has 2 heterocycles. The van der Waals surface area contributed by atoms with Gasteiger partial charge in [0, 0.05) is 16.7 Å². The summed E-state index contributed by atoms with van der Waals surface area (Å²) in [6.45, 7) is 0. The molecule has 0 aliphatic heterocycles. The molecule has 5 heteroatoms. The Labute approximate surface area is 101 Å². The third-order valence-electron chi connectivity index (χ3n) is 2.10. The summed E-state index contributed by atoms with van der Waals surface area (Å²) in [5.41, 5.74) is 0.665. The Bertz CT molecular complexity index is 462. The molecular weight excluding hydrogens is 242 g/mol. The Balaban J connectivity index is 1.90. The Kier molecular flexibility index (Phi) is 3.69. The molecule has 0 saturated carbocycles. The summed E-state index contributed by atoms with van der Waals surface area (Å²) in [7, 11) is 0. The number of aryl methyl sites for hydroxylation is 2. The van der Waals surface area contributed by atoms with Crippen molar-refractivity contribution in [1.29, 1.82) is 0 Å². The number of thiazole rings is 1. The molecule has 0 aromatic carbocycles. The molecule has 2 aromatic rings. The molecule has 0 aliphatic carbocycles. The SMILES string of the molecule is O=C(O)Cc1csc(CCc2cccs2)n1. The number of nitrogens with zero attached hydrogens (tertiary/aromatic N) is 1. The van der Waals surface area contributed by atoms with Gasteiger partial charge in [0.25, 0.3) is 0 Å². The van der Waals surface area contributed by atoms with Crippen molar-refractivity contribution in [3.63, 3.8) is 0 Å². The van der Waals surface area contributed by atoms with Gasteiger partial charge >= 0.3 is 5.97 Å². The summed E-state index contributed by atoms with van der Waals surface area (Å²) in [6, 6.07) is 4.15. The topological polar surface area (TPSA) is 50.2 Å². The third kappa shape index (κ3) is 3.15. The van der Waals surface area contributed by atoms with E-state index in [4.69, 9.17) is 5.11 Å². The first-order valence-corrected chi connectivity index (χ1v) is 6.67. The van der Waals surface area contributed by atoms with Crippen LogP contribution in [0.1, 0.15) is 15.6 Å². The van der Waals surface area contributed by atoms with Gasteiger partial charge in [-0.1, -0.05) is 6.07 Å². The largest absolute Gasteiger partial charge is 0.481 e. The van der Waals surface area contributed by atoms with Crippen molar-refractivity contribution >= 4 is 28.6 Å². The van der Waals surface area contributed by atoms with Crippen LogP contribution in [-0.4, -0.2) is 16.1 Å². The predicted molar refractivity (Wildman–Crippen MR) is 65.2 cm³/mol. The second-order valence-electron chi connectivity index (χ2n) is 3.38. The summed E-state index contributed by atoms with van der Waals surface area (Å²) < 4.78 is 0. The quantitative estimate of drug-likeness (QED) is 0.891. The van der Waals surface area contributed by atoms with Gasteiger partial charge in [-0.05, 0) is 17.9 Å². The summed E-state index contributed by atoms with van der Waals surface area (Å²) >= 11 is 3.29. The van der Waals surface area contributed by atoms with Crippen LogP contribution >= 0.6 is 22.7 Å². The molecule has 16 heavy (non-hydrogen) atoms. The normalized spacial score (nSPS) is 10.5. The zero-order chi connectivity index (χ0) is 11.4. The van der Waals surface area contributed by atoms with Crippen LogP contribution < -0.4 is 0 Å². The Hall–Kier alpha value is -1.20. The molecule has 0 aliphatic rings. The predicted octanol–water partition coefficient (Wildman–Crippen LogP) is 2.62. The number of carboxylic acids is 1. The van der Waals surface area contributed by atoms with Gasteiger partial charge in [0.15, 0.2) is 0 Å². The molecule has 0 amide bonds. The highest BCUT2D eigenvalue weighted by Gasteiger charge is 2.06. The Morgan fingerprint density at radius 3 is 2.94 bits per heavy atom. The maximum atomic E-state index is 10.5. The van der Waals surface area contributed by atoms with Crippen molar-refractivity contribution in [3.8, 4) is 0 Å². The van der Waals surface area contributed by atoms with Crippen molar-refractivity contribution in [2.24, 2.45) is 0 Å². The highest BCUT2D eigenvalue weighted by atomic mass is 32.1. The lowest BCUT2D eigenvalue weighted by Gasteiger charge is -1.93. The van der Waals surface area contributed by atoms with Gasteiger partial charge in [-0.3, -0.25) is 4.79 Å². The molecule has 2 aromatic heterocycles. The van der Waals surface area contributed by atoms with E-state index in [1.165, 1.54) is 4.88 Å². The van der Waals surface area contributed by atoms with Crippen LogP contribution in [0, 0.1) is 0 Å². The zero-order valence-electron chi connectivity index (χ0n) is 8.55. The van der Waals surface area contributed by atoms with Crippen LogP contribution in [0.2, 0.25) is 0 Å². The fourth-order valence-corrected chi connectivity index (χ4v) is 2.89. The number of carboxylic acid groups (broad SMARTS) is 1. The lowest BCUT2D eigenvalue weighted by Crippen LogP contribution is -2.00. The van der Waals surface area contributed by atoms with Crippen molar-refractivity contribution in [2.75, 3.05) is 0 Å². The number of aromatic nitrogens is 1. The number of aliphatic carboxylic acids is 1. The maximum absolute atomic E-state index is 10.5. The van der Waals surface area contributed by atoms with E-state index >= 15 is 0 Å². The molecule has 0 bridgehead atoms. The fourth-order valence-electron chi connectivity index (χ4n) is 1.38. The van der Waals surface area contributed by atoms with Crippen LogP contribution in [0.5, 0.6) is 0 Å². The first kappa shape index (κ1) is 11.3. The molecule has 0 saturated heterocycles. The molecule has 0 radical (unpaired) electrons. The monoisotopic (exact) mass is 253 g/mol. The highest BCUT2D eigenvalue weighted by Crippen LogP contribution is 2.16. The first-order valence-electron chi connectivity index (χ1n) is 4.91. The second kappa shape index (κ2) is 5.23. The minimum Gasteiger partial charge on any atom is -0.481 e. The minimum atomic E-state index is -0.824. The summed E-state index contributed by atoms with van der Waals surface area (Å²) in [6.07, 6.45) is 1.90. The average molecular weight is 253 g/mol. The fraction of sp³-hybridized carbons (Fsp3) is 0.273. The molecule has 2 rings (SSSR count). The van der Waals surface area contributed by atoms with Crippen LogP contribution in [-0.2, 0) is 24.1 Å². The summed E-state index contributed by atoms with van der Waals surface area (Å²) in [4.78, 5) is 16.1. The number of carbonyl (C=O) groups is 1. The zero-order valence-corrected chi connectivity index (χ0v) is 10.2. The molecule has 3 nitrogen and oxygen atoms in total. The molecule has 0 unspecified atom stereocenters. The van der Waals surface area contributed by atoms with E-state index < -0.39 is 5.97 Å². The molecular formula is C11H11NO2S2. The van der Waals surface area contributed by atoms with Gasteiger partial charge in [-0.2, -0.15) is 0 Å². The van der Waals surface area contributed by atoms with Gasteiger partial charge in [0.1, 0.15) is 0 Å².